The van der Waals surface area contributed by atoms with Crippen LogP contribution in [0.25, 0.3) is 0 Å². The Morgan fingerprint density at radius 1 is 1.33 bits per heavy atom. The molecule has 1 aromatic carbocycles. The van der Waals surface area contributed by atoms with Crippen molar-refractivity contribution in [1.29, 1.82) is 0 Å². The van der Waals surface area contributed by atoms with Gasteiger partial charge in [-0.25, -0.2) is 0 Å². The Morgan fingerprint density at radius 2 is 2.14 bits per heavy atom. The lowest BCUT2D eigenvalue weighted by molar-refractivity contribution is 0.193. The van der Waals surface area contributed by atoms with E-state index in [0.717, 1.165) is 32.7 Å². The molecule has 2 rings (SSSR count). The van der Waals surface area contributed by atoms with Crippen molar-refractivity contribution < 1.29 is 4.74 Å². The molecule has 0 aliphatic carbocycles. The predicted octanol–water partition coefficient (Wildman–Crippen LogP) is 3.44. The second kappa shape index (κ2) is 8.40. The number of nitrogens with zero attached hydrogens (tertiary/aromatic N) is 1. The van der Waals surface area contributed by atoms with Crippen molar-refractivity contribution in [3.63, 3.8) is 0 Å². The van der Waals surface area contributed by atoms with Crippen LogP contribution in [0.2, 0.25) is 0 Å². The van der Waals surface area contributed by atoms with Crippen LogP contribution in [-0.2, 0) is 11.3 Å². The Balaban J connectivity index is 2.08. The van der Waals surface area contributed by atoms with Crippen LogP contribution in [0, 0.1) is 5.92 Å². The molecule has 3 heteroatoms. The fourth-order valence-electron chi connectivity index (χ4n) is 3.04. The Hall–Kier alpha value is -1.06. The highest BCUT2D eigenvalue weighted by atomic mass is 16.5. The van der Waals surface area contributed by atoms with Crippen molar-refractivity contribution in [3.8, 4) is 0 Å². The molecule has 0 saturated heterocycles. The lowest BCUT2D eigenvalue weighted by Crippen LogP contribution is -2.42. The summed E-state index contributed by atoms with van der Waals surface area (Å²) in [5.74, 6) is 0.709. The van der Waals surface area contributed by atoms with Crippen LogP contribution >= 0.6 is 0 Å². The molecule has 2 unspecified atom stereocenters. The van der Waals surface area contributed by atoms with Gasteiger partial charge in [-0.05, 0) is 30.4 Å². The molecule has 21 heavy (non-hydrogen) atoms. The summed E-state index contributed by atoms with van der Waals surface area (Å²) in [5, 5.41) is 3.75. The molecular weight excluding hydrogens is 260 g/mol. The highest BCUT2D eigenvalue weighted by Crippen LogP contribution is 2.25. The molecule has 0 amide bonds. The number of hydrogen-bond acceptors (Lipinski definition) is 3. The number of hydrogen-bond donors (Lipinski definition) is 1. The Bertz CT molecular complexity index is 421. The molecule has 1 heterocycles. The van der Waals surface area contributed by atoms with Gasteiger partial charge in [-0.3, -0.25) is 0 Å². The van der Waals surface area contributed by atoms with Crippen molar-refractivity contribution in [3.05, 3.63) is 29.8 Å². The smallest absolute Gasteiger partial charge is 0.0462 e. The molecule has 118 valence electrons. The van der Waals surface area contributed by atoms with Gasteiger partial charge in [-0.15, -0.1) is 0 Å². The van der Waals surface area contributed by atoms with E-state index in [-0.39, 0.29) is 0 Å². The standard InChI is InChI=1S/C18H30N2O/c1-4-15(2)17-14-20(11-7-8-12-21-3)18-10-6-5-9-16(18)13-19-17/h5-6,9-10,15,17,19H,4,7-8,11-14H2,1-3H3. The molecule has 1 N–H and O–H groups in total. The lowest BCUT2D eigenvalue weighted by Gasteiger charge is -2.30. The van der Waals surface area contributed by atoms with Crippen molar-refractivity contribution in [2.45, 2.75) is 45.7 Å². The van der Waals surface area contributed by atoms with Crippen LogP contribution in [0.3, 0.4) is 0 Å². The van der Waals surface area contributed by atoms with E-state index >= 15 is 0 Å². The molecule has 0 bridgehead atoms. The Kier molecular flexibility index (Phi) is 6.52. The third-order valence-corrected chi connectivity index (χ3v) is 4.66. The van der Waals surface area contributed by atoms with Crippen LogP contribution in [0.1, 0.15) is 38.7 Å². The number of para-hydroxylation sites is 1. The fourth-order valence-corrected chi connectivity index (χ4v) is 3.04. The minimum absolute atomic E-state index is 0.574. The molecular formula is C18H30N2O. The average Bonchev–Trinajstić information content (AvgIpc) is 2.71. The predicted molar refractivity (Wildman–Crippen MR) is 89.8 cm³/mol. The topological polar surface area (TPSA) is 24.5 Å². The zero-order valence-electron chi connectivity index (χ0n) is 13.8. The van der Waals surface area contributed by atoms with E-state index < -0.39 is 0 Å². The number of benzene rings is 1. The van der Waals surface area contributed by atoms with Gasteiger partial charge in [0.25, 0.3) is 0 Å². The molecule has 0 saturated carbocycles. The average molecular weight is 290 g/mol. The maximum atomic E-state index is 5.17. The summed E-state index contributed by atoms with van der Waals surface area (Å²) in [7, 11) is 1.78. The van der Waals surface area contributed by atoms with Gasteiger partial charge in [0.1, 0.15) is 0 Å². The summed E-state index contributed by atoms with van der Waals surface area (Å²) in [6.07, 6.45) is 3.55. The minimum atomic E-state index is 0.574. The summed E-state index contributed by atoms with van der Waals surface area (Å²) in [4.78, 5) is 2.57. The van der Waals surface area contributed by atoms with E-state index in [1.54, 1.807) is 7.11 Å². The van der Waals surface area contributed by atoms with Crippen molar-refractivity contribution >= 4 is 5.69 Å². The highest BCUT2D eigenvalue weighted by Gasteiger charge is 2.23. The minimum Gasteiger partial charge on any atom is -0.385 e. The first kappa shape index (κ1) is 16.3. The van der Waals surface area contributed by atoms with Crippen molar-refractivity contribution in [1.82, 2.24) is 5.32 Å². The van der Waals surface area contributed by atoms with Crippen LogP contribution in [0.4, 0.5) is 5.69 Å². The third kappa shape index (κ3) is 4.45. The summed E-state index contributed by atoms with van der Waals surface area (Å²) in [5.41, 5.74) is 2.84. The first-order chi connectivity index (χ1) is 10.3. The van der Waals surface area contributed by atoms with E-state index in [0.29, 0.717) is 12.0 Å². The zero-order chi connectivity index (χ0) is 15.1. The van der Waals surface area contributed by atoms with Crippen molar-refractivity contribution in [2.24, 2.45) is 5.92 Å². The summed E-state index contributed by atoms with van der Waals surface area (Å²) in [6, 6.07) is 9.40. The molecule has 0 radical (unpaired) electrons. The number of nitrogens with one attached hydrogen (secondary N) is 1. The summed E-state index contributed by atoms with van der Waals surface area (Å²) in [6.45, 7) is 8.72. The van der Waals surface area contributed by atoms with E-state index in [2.05, 4.69) is 48.3 Å². The monoisotopic (exact) mass is 290 g/mol. The van der Waals surface area contributed by atoms with Gasteiger partial charge in [0, 0.05) is 45.1 Å². The van der Waals surface area contributed by atoms with E-state index in [1.807, 2.05) is 0 Å². The molecule has 0 aromatic heterocycles. The van der Waals surface area contributed by atoms with Crippen molar-refractivity contribution in [2.75, 3.05) is 31.7 Å². The molecule has 0 fully saturated rings. The van der Waals surface area contributed by atoms with E-state index in [4.69, 9.17) is 4.74 Å². The molecule has 2 atom stereocenters. The van der Waals surface area contributed by atoms with Crippen LogP contribution in [0.15, 0.2) is 24.3 Å². The second-order valence-corrected chi connectivity index (χ2v) is 6.15. The Labute approximate surface area is 129 Å². The SMILES string of the molecule is CCC(C)C1CN(CCCCOC)c2ccccc2CN1. The molecule has 3 nitrogen and oxygen atoms in total. The number of fused-ring (bicyclic) bond motifs is 1. The fraction of sp³-hybridized carbons (Fsp3) is 0.667. The maximum absolute atomic E-state index is 5.17. The van der Waals surface area contributed by atoms with Crippen LogP contribution in [-0.4, -0.2) is 32.8 Å². The summed E-state index contributed by atoms with van der Waals surface area (Å²) < 4.78 is 5.17. The second-order valence-electron chi connectivity index (χ2n) is 6.15. The number of methoxy groups -OCH3 is 1. The number of unbranched alkanes of at least 4 members (excludes halogenated alkanes) is 1. The number of ether oxygens (including phenoxy) is 1. The largest absolute Gasteiger partial charge is 0.385 e. The van der Waals surface area contributed by atoms with Gasteiger partial charge in [-0.2, -0.15) is 0 Å². The van der Waals surface area contributed by atoms with Gasteiger partial charge >= 0.3 is 0 Å². The zero-order valence-corrected chi connectivity index (χ0v) is 13.8. The van der Waals surface area contributed by atoms with Gasteiger partial charge in [-0.1, -0.05) is 38.5 Å². The quantitative estimate of drug-likeness (QED) is 0.779. The number of anilines is 1. The van der Waals surface area contributed by atoms with E-state index in [9.17, 15) is 0 Å². The van der Waals surface area contributed by atoms with Gasteiger partial charge < -0.3 is 15.0 Å². The molecule has 1 aromatic rings. The Morgan fingerprint density at radius 3 is 2.90 bits per heavy atom. The lowest BCUT2D eigenvalue weighted by atomic mass is 9.99. The first-order valence-corrected chi connectivity index (χ1v) is 8.31. The van der Waals surface area contributed by atoms with Crippen LogP contribution < -0.4 is 10.2 Å². The summed E-state index contributed by atoms with van der Waals surface area (Å²) >= 11 is 0. The molecule has 1 aliphatic heterocycles. The third-order valence-electron chi connectivity index (χ3n) is 4.66. The molecule has 1 aliphatic rings. The van der Waals surface area contributed by atoms with Gasteiger partial charge in [0.15, 0.2) is 0 Å². The van der Waals surface area contributed by atoms with Gasteiger partial charge in [0.05, 0.1) is 0 Å². The first-order valence-electron chi connectivity index (χ1n) is 8.31. The normalized spacial score (nSPS) is 20.0. The van der Waals surface area contributed by atoms with Crippen LogP contribution in [0.5, 0.6) is 0 Å². The maximum Gasteiger partial charge on any atom is 0.0462 e. The van der Waals surface area contributed by atoms with Gasteiger partial charge in [0.2, 0.25) is 0 Å². The van der Waals surface area contributed by atoms with E-state index in [1.165, 1.54) is 24.1 Å². The molecule has 0 spiro atoms. The number of rotatable bonds is 7. The highest BCUT2D eigenvalue weighted by molar-refractivity contribution is 5.54.